The Bertz CT molecular complexity index is 711. The summed E-state index contributed by atoms with van der Waals surface area (Å²) in [5.41, 5.74) is 0.957. The van der Waals surface area contributed by atoms with Crippen LogP contribution in [0, 0.1) is 10.1 Å². The van der Waals surface area contributed by atoms with Crippen LogP contribution in [0.2, 0.25) is 5.02 Å². The number of non-ortho nitro benzene ring substituents is 1. The lowest BCUT2D eigenvalue weighted by Gasteiger charge is -2.24. The number of hydrogen-bond acceptors (Lipinski definition) is 5. The number of hydrogen-bond donors (Lipinski definition) is 1. The third kappa shape index (κ3) is 6.01. The topological polar surface area (TPSA) is 75.8 Å². The van der Waals surface area contributed by atoms with Crippen molar-refractivity contribution in [1.82, 2.24) is 4.90 Å². The molecule has 0 aromatic heterocycles. The third-order valence-electron chi connectivity index (χ3n) is 3.74. The maximum Gasteiger partial charge on any atom is 0.273 e. The number of halogens is 1. The standard InChI is InChI=1S/C18H21ClN2O4/c1-2-20(11-14-6-3-4-9-18(14)19)12-16(22)13-25-17-8-5-7-15(10-17)21(23)24/h3-10,16,22H,2,11-13H2,1H3. The normalized spacial score (nSPS) is 12.2. The lowest BCUT2D eigenvalue weighted by Crippen LogP contribution is -2.35. The summed E-state index contributed by atoms with van der Waals surface area (Å²) >= 11 is 6.17. The second-order valence-corrected chi connectivity index (χ2v) is 6.05. The summed E-state index contributed by atoms with van der Waals surface area (Å²) in [6, 6.07) is 13.5. The third-order valence-corrected chi connectivity index (χ3v) is 4.11. The van der Waals surface area contributed by atoms with Crippen LogP contribution in [0.15, 0.2) is 48.5 Å². The van der Waals surface area contributed by atoms with Crippen molar-refractivity contribution in [2.45, 2.75) is 19.6 Å². The van der Waals surface area contributed by atoms with Gasteiger partial charge in [-0.1, -0.05) is 42.8 Å². The Morgan fingerprint density at radius 1 is 1.28 bits per heavy atom. The second kappa shape index (κ2) is 9.36. The van der Waals surface area contributed by atoms with E-state index in [2.05, 4.69) is 4.90 Å². The monoisotopic (exact) mass is 364 g/mol. The number of benzene rings is 2. The molecule has 0 aliphatic carbocycles. The molecule has 2 aromatic carbocycles. The van der Waals surface area contributed by atoms with Gasteiger partial charge in [0, 0.05) is 24.2 Å². The summed E-state index contributed by atoms with van der Waals surface area (Å²) in [5, 5.41) is 21.7. The Morgan fingerprint density at radius 2 is 2.04 bits per heavy atom. The highest BCUT2D eigenvalue weighted by Gasteiger charge is 2.14. The largest absolute Gasteiger partial charge is 0.491 e. The van der Waals surface area contributed by atoms with Crippen molar-refractivity contribution in [3.8, 4) is 5.75 Å². The average molecular weight is 365 g/mol. The van der Waals surface area contributed by atoms with Crippen LogP contribution >= 0.6 is 11.6 Å². The summed E-state index contributed by atoms with van der Waals surface area (Å²) < 4.78 is 5.47. The number of ether oxygens (including phenoxy) is 1. The number of likely N-dealkylation sites (N-methyl/N-ethyl adjacent to an activating group) is 1. The molecule has 0 fully saturated rings. The van der Waals surface area contributed by atoms with Gasteiger partial charge in [-0.05, 0) is 24.2 Å². The van der Waals surface area contributed by atoms with Gasteiger partial charge in [0.1, 0.15) is 18.5 Å². The second-order valence-electron chi connectivity index (χ2n) is 5.64. The molecular weight excluding hydrogens is 344 g/mol. The minimum atomic E-state index is -0.721. The van der Waals surface area contributed by atoms with Gasteiger partial charge in [-0.3, -0.25) is 15.0 Å². The predicted octanol–water partition coefficient (Wildman–Crippen LogP) is 3.51. The molecule has 2 rings (SSSR count). The first kappa shape index (κ1) is 19.2. The first-order valence-electron chi connectivity index (χ1n) is 8.00. The maximum atomic E-state index is 10.8. The summed E-state index contributed by atoms with van der Waals surface area (Å²) in [6.45, 7) is 3.85. The Labute approximate surface area is 151 Å². The number of aliphatic hydroxyl groups excluding tert-OH is 1. The van der Waals surface area contributed by atoms with Crippen LogP contribution in [0.25, 0.3) is 0 Å². The molecule has 1 unspecified atom stereocenters. The molecule has 0 aliphatic heterocycles. The van der Waals surface area contributed by atoms with Crippen molar-refractivity contribution in [2.24, 2.45) is 0 Å². The molecule has 0 amide bonds. The van der Waals surface area contributed by atoms with E-state index < -0.39 is 11.0 Å². The summed E-state index contributed by atoms with van der Waals surface area (Å²) in [5.74, 6) is 0.363. The van der Waals surface area contributed by atoms with Gasteiger partial charge in [0.2, 0.25) is 0 Å². The minimum absolute atomic E-state index is 0.0408. The van der Waals surface area contributed by atoms with Crippen LogP contribution in [-0.2, 0) is 6.54 Å². The quantitative estimate of drug-likeness (QED) is 0.544. The fourth-order valence-corrected chi connectivity index (χ4v) is 2.60. The molecule has 134 valence electrons. The highest BCUT2D eigenvalue weighted by atomic mass is 35.5. The zero-order valence-corrected chi connectivity index (χ0v) is 14.7. The Morgan fingerprint density at radius 3 is 2.72 bits per heavy atom. The van der Waals surface area contributed by atoms with Crippen LogP contribution in [0.1, 0.15) is 12.5 Å². The highest BCUT2D eigenvalue weighted by Crippen LogP contribution is 2.20. The van der Waals surface area contributed by atoms with Gasteiger partial charge >= 0.3 is 0 Å². The van der Waals surface area contributed by atoms with Gasteiger partial charge in [0.15, 0.2) is 0 Å². The molecule has 0 saturated carbocycles. The fourth-order valence-electron chi connectivity index (χ4n) is 2.40. The van der Waals surface area contributed by atoms with E-state index in [0.717, 1.165) is 12.1 Å². The number of rotatable bonds is 9. The number of nitrogens with zero attached hydrogens (tertiary/aromatic N) is 2. The van der Waals surface area contributed by atoms with Gasteiger partial charge in [0.25, 0.3) is 5.69 Å². The number of nitro benzene ring substituents is 1. The van der Waals surface area contributed by atoms with Gasteiger partial charge in [0.05, 0.1) is 11.0 Å². The van der Waals surface area contributed by atoms with Crippen molar-refractivity contribution in [3.05, 3.63) is 69.2 Å². The fraction of sp³-hybridized carbons (Fsp3) is 0.333. The molecule has 2 aromatic rings. The van der Waals surface area contributed by atoms with Crippen LogP contribution < -0.4 is 4.74 Å². The van der Waals surface area contributed by atoms with Crippen LogP contribution in [-0.4, -0.2) is 40.7 Å². The smallest absolute Gasteiger partial charge is 0.273 e. The molecule has 6 nitrogen and oxygen atoms in total. The van der Waals surface area contributed by atoms with E-state index in [4.69, 9.17) is 16.3 Å². The molecule has 0 heterocycles. The minimum Gasteiger partial charge on any atom is -0.491 e. The van der Waals surface area contributed by atoms with Gasteiger partial charge in [-0.15, -0.1) is 0 Å². The summed E-state index contributed by atoms with van der Waals surface area (Å²) in [7, 11) is 0. The Hall–Kier alpha value is -2.15. The average Bonchev–Trinajstić information content (AvgIpc) is 2.61. The van der Waals surface area contributed by atoms with Crippen LogP contribution in [0.3, 0.4) is 0 Å². The predicted molar refractivity (Wildman–Crippen MR) is 97.0 cm³/mol. The molecule has 1 N–H and O–H groups in total. The van der Waals surface area contributed by atoms with E-state index in [1.807, 2.05) is 31.2 Å². The van der Waals surface area contributed by atoms with E-state index in [0.29, 0.717) is 23.9 Å². The van der Waals surface area contributed by atoms with Gasteiger partial charge in [-0.2, -0.15) is 0 Å². The first-order valence-corrected chi connectivity index (χ1v) is 8.38. The molecule has 25 heavy (non-hydrogen) atoms. The molecule has 0 radical (unpaired) electrons. The number of nitro groups is 1. The molecule has 7 heteroatoms. The van der Waals surface area contributed by atoms with Crippen molar-refractivity contribution in [1.29, 1.82) is 0 Å². The van der Waals surface area contributed by atoms with Crippen molar-refractivity contribution < 1.29 is 14.8 Å². The van der Waals surface area contributed by atoms with Crippen LogP contribution in [0.4, 0.5) is 5.69 Å². The van der Waals surface area contributed by atoms with Crippen molar-refractivity contribution in [3.63, 3.8) is 0 Å². The molecule has 0 aliphatic rings. The molecule has 0 spiro atoms. The van der Waals surface area contributed by atoms with E-state index in [1.165, 1.54) is 12.1 Å². The SMILES string of the molecule is CCN(Cc1ccccc1Cl)CC(O)COc1cccc([N+](=O)[O-])c1. The molecule has 0 bridgehead atoms. The molecule has 1 atom stereocenters. The van der Waals surface area contributed by atoms with Gasteiger partial charge < -0.3 is 9.84 Å². The Balaban J connectivity index is 1.87. The zero-order valence-electron chi connectivity index (χ0n) is 14.0. The van der Waals surface area contributed by atoms with Gasteiger partial charge in [-0.25, -0.2) is 0 Å². The van der Waals surface area contributed by atoms with E-state index in [-0.39, 0.29) is 12.3 Å². The van der Waals surface area contributed by atoms with E-state index in [1.54, 1.807) is 12.1 Å². The van der Waals surface area contributed by atoms with Crippen molar-refractivity contribution in [2.75, 3.05) is 19.7 Å². The lowest BCUT2D eigenvalue weighted by atomic mass is 10.2. The highest BCUT2D eigenvalue weighted by molar-refractivity contribution is 6.31. The Kier molecular flexibility index (Phi) is 7.18. The van der Waals surface area contributed by atoms with Crippen molar-refractivity contribution >= 4 is 17.3 Å². The first-order chi connectivity index (χ1) is 12.0. The maximum absolute atomic E-state index is 10.8. The molecular formula is C18H21ClN2O4. The van der Waals surface area contributed by atoms with E-state index >= 15 is 0 Å². The lowest BCUT2D eigenvalue weighted by molar-refractivity contribution is -0.384. The zero-order chi connectivity index (χ0) is 18.2. The molecule has 0 saturated heterocycles. The van der Waals surface area contributed by atoms with E-state index in [9.17, 15) is 15.2 Å². The van der Waals surface area contributed by atoms with Crippen LogP contribution in [0.5, 0.6) is 5.75 Å². The summed E-state index contributed by atoms with van der Waals surface area (Å²) in [6.07, 6.45) is -0.721. The summed E-state index contributed by atoms with van der Waals surface area (Å²) in [4.78, 5) is 12.3. The number of aliphatic hydroxyl groups is 1.